The lowest BCUT2D eigenvalue weighted by Gasteiger charge is -2.16. The summed E-state index contributed by atoms with van der Waals surface area (Å²) in [5.41, 5.74) is 8.46. The van der Waals surface area contributed by atoms with Crippen LogP contribution in [-0.2, 0) is 12.8 Å². The van der Waals surface area contributed by atoms with Crippen LogP contribution in [0, 0.1) is 5.92 Å². The van der Waals surface area contributed by atoms with Gasteiger partial charge in [0, 0.05) is 0 Å². The van der Waals surface area contributed by atoms with Gasteiger partial charge in [-0.2, -0.15) is 0 Å². The van der Waals surface area contributed by atoms with Crippen LogP contribution in [0.25, 0.3) is 0 Å². The first kappa shape index (κ1) is 12.4. The Morgan fingerprint density at radius 3 is 2.71 bits per heavy atom. The van der Waals surface area contributed by atoms with Crippen LogP contribution in [0.5, 0.6) is 5.75 Å². The quantitative estimate of drug-likeness (QED) is 0.848. The monoisotopic (exact) mass is 233 g/mol. The molecule has 0 aromatic heterocycles. The van der Waals surface area contributed by atoms with E-state index in [4.69, 9.17) is 10.5 Å². The van der Waals surface area contributed by atoms with Crippen LogP contribution in [0.1, 0.15) is 36.8 Å². The second-order valence-corrected chi connectivity index (χ2v) is 4.99. The van der Waals surface area contributed by atoms with Crippen molar-refractivity contribution in [3.05, 3.63) is 29.3 Å². The van der Waals surface area contributed by atoms with Crippen molar-refractivity contribution in [2.45, 2.75) is 38.5 Å². The van der Waals surface area contributed by atoms with Gasteiger partial charge in [0.2, 0.25) is 0 Å². The van der Waals surface area contributed by atoms with Crippen LogP contribution in [0.4, 0.5) is 0 Å². The van der Waals surface area contributed by atoms with E-state index in [0.717, 1.165) is 18.1 Å². The number of methoxy groups -OCH3 is 1. The van der Waals surface area contributed by atoms with Gasteiger partial charge in [-0.1, -0.05) is 37.8 Å². The molecule has 2 N–H and O–H groups in total. The van der Waals surface area contributed by atoms with Gasteiger partial charge >= 0.3 is 0 Å². The summed E-state index contributed by atoms with van der Waals surface area (Å²) in [5.74, 6) is 1.89. The van der Waals surface area contributed by atoms with E-state index in [9.17, 15) is 0 Å². The van der Waals surface area contributed by atoms with E-state index in [2.05, 4.69) is 18.2 Å². The Bertz CT molecular complexity index is 356. The number of benzene rings is 1. The Labute approximate surface area is 104 Å². The van der Waals surface area contributed by atoms with Crippen molar-refractivity contribution >= 4 is 0 Å². The van der Waals surface area contributed by atoms with Gasteiger partial charge in [-0.05, 0) is 42.5 Å². The van der Waals surface area contributed by atoms with E-state index in [-0.39, 0.29) is 0 Å². The fourth-order valence-electron chi connectivity index (χ4n) is 2.93. The first-order chi connectivity index (χ1) is 8.35. The van der Waals surface area contributed by atoms with E-state index < -0.39 is 0 Å². The van der Waals surface area contributed by atoms with Crippen molar-refractivity contribution in [3.63, 3.8) is 0 Å². The highest BCUT2D eigenvalue weighted by molar-refractivity contribution is 5.41. The molecule has 2 nitrogen and oxygen atoms in total. The number of hydrogen-bond acceptors (Lipinski definition) is 2. The standard InChI is InChI=1S/C15H23NO/c1-17-15-8-4-7-13(9-10-16)14(15)11-12-5-2-3-6-12/h4,7-8,12H,2-3,5-6,9-11,16H2,1H3. The summed E-state index contributed by atoms with van der Waals surface area (Å²) in [5, 5.41) is 0. The Kier molecular flexibility index (Phi) is 4.43. The fraction of sp³-hybridized carbons (Fsp3) is 0.600. The highest BCUT2D eigenvalue weighted by Crippen LogP contribution is 2.32. The molecule has 1 saturated carbocycles. The minimum Gasteiger partial charge on any atom is -0.496 e. The Balaban J connectivity index is 2.20. The predicted octanol–water partition coefficient (Wildman–Crippen LogP) is 2.93. The summed E-state index contributed by atoms with van der Waals surface area (Å²) in [4.78, 5) is 0. The molecule has 0 heterocycles. The maximum Gasteiger partial charge on any atom is 0.122 e. The molecule has 1 aliphatic rings. The lowest BCUT2D eigenvalue weighted by atomic mass is 9.92. The van der Waals surface area contributed by atoms with Crippen LogP contribution >= 0.6 is 0 Å². The van der Waals surface area contributed by atoms with E-state index in [1.807, 2.05) is 0 Å². The van der Waals surface area contributed by atoms with Gasteiger partial charge in [0.1, 0.15) is 5.75 Å². The zero-order valence-electron chi connectivity index (χ0n) is 10.7. The summed E-state index contributed by atoms with van der Waals surface area (Å²) in [7, 11) is 1.76. The van der Waals surface area contributed by atoms with Crippen LogP contribution in [-0.4, -0.2) is 13.7 Å². The van der Waals surface area contributed by atoms with Gasteiger partial charge in [0.25, 0.3) is 0 Å². The molecule has 0 unspecified atom stereocenters. The fourth-order valence-corrected chi connectivity index (χ4v) is 2.93. The van der Waals surface area contributed by atoms with E-state index in [1.54, 1.807) is 7.11 Å². The van der Waals surface area contributed by atoms with E-state index in [1.165, 1.54) is 43.2 Å². The first-order valence-corrected chi connectivity index (χ1v) is 6.70. The average molecular weight is 233 g/mol. The molecule has 0 radical (unpaired) electrons. The third-order valence-electron chi connectivity index (χ3n) is 3.83. The minimum atomic E-state index is 0.713. The summed E-state index contributed by atoms with van der Waals surface area (Å²) in [6.45, 7) is 0.713. The van der Waals surface area contributed by atoms with Gasteiger partial charge in [-0.15, -0.1) is 0 Å². The third kappa shape index (κ3) is 3.01. The molecule has 1 aromatic carbocycles. The van der Waals surface area contributed by atoms with E-state index >= 15 is 0 Å². The zero-order valence-corrected chi connectivity index (χ0v) is 10.7. The normalized spacial score (nSPS) is 16.4. The molecule has 1 aliphatic carbocycles. The van der Waals surface area contributed by atoms with Gasteiger partial charge in [-0.25, -0.2) is 0 Å². The molecular formula is C15H23NO. The second kappa shape index (κ2) is 6.06. The molecule has 94 valence electrons. The molecular weight excluding hydrogens is 210 g/mol. The zero-order chi connectivity index (χ0) is 12.1. The highest BCUT2D eigenvalue weighted by Gasteiger charge is 2.19. The van der Waals surface area contributed by atoms with Gasteiger partial charge in [-0.3, -0.25) is 0 Å². The Morgan fingerprint density at radius 1 is 1.29 bits per heavy atom. The van der Waals surface area contributed by atoms with Gasteiger partial charge in [0.05, 0.1) is 7.11 Å². The molecule has 0 amide bonds. The number of nitrogens with two attached hydrogens (primary N) is 1. The van der Waals surface area contributed by atoms with Gasteiger partial charge < -0.3 is 10.5 Å². The van der Waals surface area contributed by atoms with E-state index in [0.29, 0.717) is 6.54 Å². The largest absolute Gasteiger partial charge is 0.496 e. The van der Waals surface area contributed by atoms with Crippen molar-refractivity contribution in [2.24, 2.45) is 11.7 Å². The molecule has 0 atom stereocenters. The topological polar surface area (TPSA) is 35.2 Å². The average Bonchev–Trinajstić information content (AvgIpc) is 2.84. The van der Waals surface area contributed by atoms with Crippen LogP contribution in [0.2, 0.25) is 0 Å². The Hall–Kier alpha value is -1.02. The van der Waals surface area contributed by atoms with Gasteiger partial charge in [0.15, 0.2) is 0 Å². The van der Waals surface area contributed by atoms with Crippen molar-refractivity contribution in [2.75, 3.05) is 13.7 Å². The lowest BCUT2D eigenvalue weighted by molar-refractivity contribution is 0.403. The molecule has 0 aliphatic heterocycles. The molecule has 1 fully saturated rings. The van der Waals surface area contributed by atoms with Crippen LogP contribution in [0.15, 0.2) is 18.2 Å². The first-order valence-electron chi connectivity index (χ1n) is 6.70. The Morgan fingerprint density at radius 2 is 2.06 bits per heavy atom. The molecule has 0 bridgehead atoms. The summed E-state index contributed by atoms with van der Waals surface area (Å²) >= 11 is 0. The van der Waals surface area contributed by atoms with Crippen molar-refractivity contribution < 1.29 is 4.74 Å². The summed E-state index contributed by atoms with van der Waals surface area (Å²) in [6, 6.07) is 6.34. The number of ether oxygens (including phenoxy) is 1. The third-order valence-corrected chi connectivity index (χ3v) is 3.83. The summed E-state index contributed by atoms with van der Waals surface area (Å²) in [6.07, 6.45) is 7.66. The van der Waals surface area contributed by atoms with Crippen molar-refractivity contribution in [3.8, 4) is 5.75 Å². The number of rotatable bonds is 5. The molecule has 0 spiro atoms. The maximum absolute atomic E-state index is 5.69. The lowest BCUT2D eigenvalue weighted by Crippen LogP contribution is -2.09. The molecule has 2 rings (SSSR count). The molecule has 0 saturated heterocycles. The second-order valence-electron chi connectivity index (χ2n) is 4.99. The minimum absolute atomic E-state index is 0.713. The molecule has 2 heteroatoms. The maximum atomic E-state index is 5.69. The van der Waals surface area contributed by atoms with Crippen LogP contribution < -0.4 is 10.5 Å². The van der Waals surface area contributed by atoms with Crippen molar-refractivity contribution in [1.82, 2.24) is 0 Å². The number of hydrogen-bond donors (Lipinski definition) is 1. The van der Waals surface area contributed by atoms with Crippen LogP contribution in [0.3, 0.4) is 0 Å². The SMILES string of the molecule is COc1cccc(CCN)c1CC1CCCC1. The molecule has 17 heavy (non-hydrogen) atoms. The van der Waals surface area contributed by atoms with Crippen molar-refractivity contribution in [1.29, 1.82) is 0 Å². The molecule has 1 aromatic rings. The highest BCUT2D eigenvalue weighted by atomic mass is 16.5. The predicted molar refractivity (Wildman–Crippen MR) is 71.4 cm³/mol. The smallest absolute Gasteiger partial charge is 0.122 e. The summed E-state index contributed by atoms with van der Waals surface area (Å²) < 4.78 is 5.50.